The van der Waals surface area contributed by atoms with Gasteiger partial charge in [0.15, 0.2) is 0 Å². The van der Waals surface area contributed by atoms with Crippen molar-refractivity contribution in [2.24, 2.45) is 5.92 Å². The Morgan fingerprint density at radius 1 is 1.16 bits per heavy atom. The van der Waals surface area contributed by atoms with Gasteiger partial charge in [0.05, 0.1) is 11.7 Å². The van der Waals surface area contributed by atoms with Gasteiger partial charge in [-0.05, 0) is 30.9 Å². The number of benzene rings is 1. The minimum atomic E-state index is -1.26. The zero-order valence-electron chi connectivity index (χ0n) is 11.1. The Balaban J connectivity index is 2.22. The minimum absolute atomic E-state index is 0.160. The fraction of sp³-hybridized carbons (Fsp3) is 0.600. The molecule has 0 spiro atoms. The van der Waals surface area contributed by atoms with Gasteiger partial charge < -0.3 is 9.84 Å². The third-order valence-electron chi connectivity index (χ3n) is 3.99. The van der Waals surface area contributed by atoms with Crippen LogP contribution in [0, 0.1) is 17.6 Å². The number of halogens is 2. The van der Waals surface area contributed by atoms with E-state index in [2.05, 4.69) is 0 Å². The fourth-order valence-corrected chi connectivity index (χ4v) is 3.00. The summed E-state index contributed by atoms with van der Waals surface area (Å²) in [7, 11) is 1.49. The van der Waals surface area contributed by atoms with Crippen LogP contribution in [0.1, 0.15) is 43.8 Å². The van der Waals surface area contributed by atoms with Crippen LogP contribution >= 0.6 is 0 Å². The maximum atomic E-state index is 13.7. The third-order valence-corrected chi connectivity index (χ3v) is 3.99. The van der Waals surface area contributed by atoms with Gasteiger partial charge in [0.25, 0.3) is 0 Å². The highest BCUT2D eigenvalue weighted by molar-refractivity contribution is 5.23. The quantitative estimate of drug-likeness (QED) is 0.906. The largest absolute Gasteiger partial charge is 0.385 e. The Morgan fingerprint density at radius 2 is 1.74 bits per heavy atom. The van der Waals surface area contributed by atoms with E-state index in [9.17, 15) is 13.9 Å². The summed E-state index contributed by atoms with van der Waals surface area (Å²) in [6.45, 7) is 0. The van der Waals surface area contributed by atoms with E-state index in [0.717, 1.165) is 37.8 Å². The highest BCUT2D eigenvalue weighted by Gasteiger charge is 2.33. The molecule has 19 heavy (non-hydrogen) atoms. The summed E-state index contributed by atoms with van der Waals surface area (Å²) in [5.74, 6) is -1.27. The average Bonchev–Trinajstić information content (AvgIpc) is 2.40. The molecule has 0 aliphatic heterocycles. The van der Waals surface area contributed by atoms with E-state index in [1.54, 1.807) is 0 Å². The maximum Gasteiger partial charge on any atom is 0.132 e. The molecule has 2 unspecified atom stereocenters. The first-order valence-corrected chi connectivity index (χ1v) is 6.80. The normalized spacial score (nSPS) is 20.2. The molecule has 106 valence electrons. The van der Waals surface area contributed by atoms with Crippen molar-refractivity contribution in [2.75, 3.05) is 7.11 Å². The van der Waals surface area contributed by atoms with Crippen molar-refractivity contribution in [3.8, 4) is 0 Å². The van der Waals surface area contributed by atoms with Crippen LogP contribution in [0.15, 0.2) is 18.2 Å². The topological polar surface area (TPSA) is 29.5 Å². The minimum Gasteiger partial charge on any atom is -0.385 e. The summed E-state index contributed by atoms with van der Waals surface area (Å²) in [5, 5.41) is 10.3. The second kappa shape index (κ2) is 6.44. The highest BCUT2D eigenvalue weighted by atomic mass is 19.1. The maximum absolute atomic E-state index is 13.7. The van der Waals surface area contributed by atoms with Crippen molar-refractivity contribution < 1.29 is 18.6 Å². The molecule has 0 radical (unpaired) electrons. The zero-order valence-corrected chi connectivity index (χ0v) is 11.1. The van der Waals surface area contributed by atoms with E-state index in [-0.39, 0.29) is 11.5 Å². The number of hydrogen-bond acceptors (Lipinski definition) is 2. The van der Waals surface area contributed by atoms with Crippen LogP contribution in [0.2, 0.25) is 0 Å². The summed E-state index contributed by atoms with van der Waals surface area (Å²) in [6.07, 6.45) is 3.41. The van der Waals surface area contributed by atoms with Crippen molar-refractivity contribution in [1.82, 2.24) is 0 Å². The van der Waals surface area contributed by atoms with Crippen LogP contribution in [-0.2, 0) is 4.74 Å². The Morgan fingerprint density at radius 3 is 2.26 bits per heavy atom. The molecular formula is C15H20F2O2. The lowest BCUT2D eigenvalue weighted by Gasteiger charge is -2.32. The van der Waals surface area contributed by atoms with Gasteiger partial charge in [-0.15, -0.1) is 0 Å². The molecule has 1 aliphatic carbocycles. The van der Waals surface area contributed by atoms with Crippen LogP contribution in [0.5, 0.6) is 0 Å². The van der Waals surface area contributed by atoms with E-state index in [4.69, 9.17) is 4.74 Å². The molecule has 0 bridgehead atoms. The van der Waals surface area contributed by atoms with E-state index in [1.807, 2.05) is 0 Å². The standard InChI is InChI=1S/C15H20F2O2/c1-19-15(10-6-3-2-4-7-10)14(18)13-11(16)8-5-9-12(13)17/h5,8-10,14-15,18H,2-4,6-7H2,1H3. The van der Waals surface area contributed by atoms with Gasteiger partial charge in [-0.25, -0.2) is 8.78 Å². The third kappa shape index (κ3) is 3.12. The predicted octanol–water partition coefficient (Wildman–Crippen LogP) is 3.59. The molecule has 2 atom stereocenters. The lowest BCUT2D eigenvalue weighted by atomic mass is 9.81. The molecule has 1 fully saturated rings. The van der Waals surface area contributed by atoms with Gasteiger partial charge in [-0.2, -0.15) is 0 Å². The Hall–Kier alpha value is -1.00. The molecule has 4 heteroatoms. The summed E-state index contributed by atoms with van der Waals surface area (Å²) < 4.78 is 32.8. The van der Waals surface area contributed by atoms with Crippen molar-refractivity contribution >= 4 is 0 Å². The summed E-state index contributed by atoms with van der Waals surface area (Å²) >= 11 is 0. The molecule has 1 saturated carbocycles. The molecule has 1 N–H and O–H groups in total. The first-order valence-electron chi connectivity index (χ1n) is 6.80. The van der Waals surface area contributed by atoms with Gasteiger partial charge in [0.2, 0.25) is 0 Å². The molecule has 1 aromatic rings. The number of hydrogen-bond donors (Lipinski definition) is 1. The van der Waals surface area contributed by atoms with Crippen LogP contribution in [-0.4, -0.2) is 18.3 Å². The van der Waals surface area contributed by atoms with E-state index < -0.39 is 23.8 Å². The van der Waals surface area contributed by atoms with Gasteiger partial charge in [-0.3, -0.25) is 0 Å². The number of rotatable bonds is 4. The second-order valence-corrected chi connectivity index (χ2v) is 5.18. The molecule has 2 nitrogen and oxygen atoms in total. The van der Waals surface area contributed by atoms with Gasteiger partial charge in [0.1, 0.15) is 17.7 Å². The summed E-state index contributed by atoms with van der Waals surface area (Å²) in [4.78, 5) is 0. The van der Waals surface area contributed by atoms with Crippen molar-refractivity contribution in [3.63, 3.8) is 0 Å². The highest BCUT2D eigenvalue weighted by Crippen LogP contribution is 2.35. The molecule has 0 aromatic heterocycles. The van der Waals surface area contributed by atoms with E-state index in [1.165, 1.54) is 19.6 Å². The SMILES string of the molecule is COC(C1CCCCC1)C(O)c1c(F)cccc1F. The van der Waals surface area contributed by atoms with E-state index >= 15 is 0 Å². The number of aliphatic hydroxyl groups is 1. The van der Waals surface area contributed by atoms with Crippen LogP contribution < -0.4 is 0 Å². The van der Waals surface area contributed by atoms with Crippen LogP contribution in [0.3, 0.4) is 0 Å². The summed E-state index contributed by atoms with van der Waals surface area (Å²) in [6, 6.07) is 3.62. The average molecular weight is 270 g/mol. The van der Waals surface area contributed by atoms with Gasteiger partial charge in [-0.1, -0.05) is 25.3 Å². The summed E-state index contributed by atoms with van der Waals surface area (Å²) in [5.41, 5.74) is -0.278. The zero-order chi connectivity index (χ0) is 13.8. The monoisotopic (exact) mass is 270 g/mol. The first kappa shape index (κ1) is 14.4. The number of aliphatic hydroxyl groups excluding tert-OH is 1. The number of methoxy groups -OCH3 is 1. The van der Waals surface area contributed by atoms with Gasteiger partial charge >= 0.3 is 0 Å². The molecule has 0 heterocycles. The second-order valence-electron chi connectivity index (χ2n) is 5.18. The number of ether oxygens (including phenoxy) is 1. The molecule has 1 aliphatic rings. The predicted molar refractivity (Wildman–Crippen MR) is 68.7 cm³/mol. The molecule has 0 saturated heterocycles. The van der Waals surface area contributed by atoms with E-state index in [0.29, 0.717) is 0 Å². The van der Waals surface area contributed by atoms with Gasteiger partial charge in [0, 0.05) is 7.11 Å². The lowest BCUT2D eigenvalue weighted by Crippen LogP contribution is -2.32. The molecule has 1 aromatic carbocycles. The van der Waals surface area contributed by atoms with Crippen molar-refractivity contribution in [1.29, 1.82) is 0 Å². The van der Waals surface area contributed by atoms with Crippen LogP contribution in [0.25, 0.3) is 0 Å². The first-order chi connectivity index (χ1) is 9.15. The lowest BCUT2D eigenvalue weighted by molar-refractivity contribution is -0.0584. The van der Waals surface area contributed by atoms with Crippen molar-refractivity contribution in [3.05, 3.63) is 35.4 Å². The molecule has 0 amide bonds. The Labute approximate surface area is 112 Å². The molecular weight excluding hydrogens is 250 g/mol. The fourth-order valence-electron chi connectivity index (χ4n) is 3.00. The van der Waals surface area contributed by atoms with Crippen molar-refractivity contribution in [2.45, 2.75) is 44.3 Å². The molecule has 2 rings (SSSR count). The Kier molecular flexibility index (Phi) is 4.88. The Bertz CT molecular complexity index is 396. The van der Waals surface area contributed by atoms with Crippen LogP contribution in [0.4, 0.5) is 8.78 Å². The smallest absolute Gasteiger partial charge is 0.132 e.